The first-order valence-electron chi connectivity index (χ1n) is 7.32. The molecule has 2 aliphatic rings. The van der Waals surface area contributed by atoms with Crippen molar-refractivity contribution < 1.29 is 13.2 Å². The maximum absolute atomic E-state index is 12.8. The predicted molar refractivity (Wildman–Crippen MR) is 84.9 cm³/mol. The maximum Gasteiger partial charge on any atom is 0.243 e. The predicted octanol–water partition coefficient (Wildman–Crippen LogP) is 2.46. The van der Waals surface area contributed by atoms with Gasteiger partial charge in [-0.2, -0.15) is 4.31 Å². The molecule has 0 amide bonds. The molecular weight excluding hydrogens is 298 g/mol. The van der Waals surface area contributed by atoms with Crippen LogP contribution >= 0.6 is 0 Å². The van der Waals surface area contributed by atoms with Crippen LogP contribution in [0.3, 0.4) is 0 Å². The van der Waals surface area contributed by atoms with Gasteiger partial charge in [-0.15, -0.1) is 6.58 Å². The minimum absolute atomic E-state index is 0.0714. The van der Waals surface area contributed by atoms with Crippen molar-refractivity contribution >= 4 is 15.8 Å². The highest BCUT2D eigenvalue weighted by Gasteiger charge is 2.46. The lowest BCUT2D eigenvalue weighted by Gasteiger charge is -2.29. The highest BCUT2D eigenvalue weighted by molar-refractivity contribution is 7.89. The SMILES string of the molecule is C=CC12CCC(=O)C=C1CN(S(=O)(=O)c1ccc(C)cc1)C2. The molecule has 0 spiro atoms. The van der Waals surface area contributed by atoms with Crippen molar-refractivity contribution in [3.8, 4) is 0 Å². The molecule has 1 aromatic rings. The van der Waals surface area contributed by atoms with Crippen LogP contribution in [0.5, 0.6) is 0 Å². The Balaban J connectivity index is 1.97. The lowest BCUT2D eigenvalue weighted by Crippen LogP contribution is -2.32. The van der Waals surface area contributed by atoms with E-state index < -0.39 is 10.0 Å². The Kier molecular flexibility index (Phi) is 3.57. The molecule has 5 heteroatoms. The molecule has 0 N–H and O–H groups in total. The number of ketones is 1. The van der Waals surface area contributed by atoms with Crippen LogP contribution in [0, 0.1) is 12.3 Å². The number of sulfonamides is 1. The highest BCUT2D eigenvalue weighted by Crippen LogP contribution is 2.45. The van der Waals surface area contributed by atoms with E-state index >= 15 is 0 Å². The maximum atomic E-state index is 12.8. The van der Waals surface area contributed by atoms with Crippen molar-refractivity contribution in [3.05, 3.63) is 54.1 Å². The summed E-state index contributed by atoms with van der Waals surface area (Å²) in [4.78, 5) is 11.9. The fraction of sp³-hybridized carbons (Fsp3) is 0.353. The van der Waals surface area contributed by atoms with Crippen molar-refractivity contribution in [2.75, 3.05) is 13.1 Å². The Bertz CT molecular complexity index is 762. The lowest BCUT2D eigenvalue weighted by molar-refractivity contribution is -0.115. The Morgan fingerprint density at radius 1 is 1.27 bits per heavy atom. The molecule has 0 radical (unpaired) electrons. The van der Waals surface area contributed by atoms with E-state index in [0.717, 1.165) is 11.1 Å². The number of aryl methyl sites for hydroxylation is 1. The highest BCUT2D eigenvalue weighted by atomic mass is 32.2. The largest absolute Gasteiger partial charge is 0.295 e. The lowest BCUT2D eigenvalue weighted by atomic mass is 9.74. The second-order valence-corrected chi connectivity index (χ2v) is 8.02. The molecule has 0 bridgehead atoms. The summed E-state index contributed by atoms with van der Waals surface area (Å²) < 4.78 is 27.1. The summed E-state index contributed by atoms with van der Waals surface area (Å²) in [7, 11) is -3.55. The normalized spacial score (nSPS) is 25.7. The van der Waals surface area contributed by atoms with Gasteiger partial charge in [0.05, 0.1) is 4.90 Å². The molecule has 0 saturated carbocycles. The molecule has 1 unspecified atom stereocenters. The smallest absolute Gasteiger partial charge is 0.243 e. The number of rotatable bonds is 3. The van der Waals surface area contributed by atoms with Gasteiger partial charge in [-0.05, 0) is 37.1 Å². The van der Waals surface area contributed by atoms with Crippen LogP contribution in [0.4, 0.5) is 0 Å². The molecule has 116 valence electrons. The summed E-state index contributed by atoms with van der Waals surface area (Å²) in [5.74, 6) is 0.0714. The summed E-state index contributed by atoms with van der Waals surface area (Å²) in [6.07, 6.45) is 4.50. The van der Waals surface area contributed by atoms with Crippen LogP contribution in [-0.4, -0.2) is 31.6 Å². The Hall–Kier alpha value is -1.72. The molecule has 1 heterocycles. The zero-order chi connectivity index (χ0) is 16.0. The molecule has 1 fully saturated rings. The van der Waals surface area contributed by atoms with Crippen molar-refractivity contribution in [2.45, 2.75) is 24.7 Å². The fourth-order valence-corrected chi connectivity index (χ4v) is 4.68. The van der Waals surface area contributed by atoms with Gasteiger partial charge < -0.3 is 0 Å². The fourth-order valence-electron chi connectivity index (χ4n) is 3.19. The van der Waals surface area contributed by atoms with Gasteiger partial charge in [0.25, 0.3) is 0 Å². The third-order valence-electron chi connectivity index (χ3n) is 4.65. The quantitative estimate of drug-likeness (QED) is 0.805. The monoisotopic (exact) mass is 317 g/mol. The summed E-state index contributed by atoms with van der Waals surface area (Å²) in [6.45, 7) is 6.43. The van der Waals surface area contributed by atoms with Crippen LogP contribution in [-0.2, 0) is 14.8 Å². The Morgan fingerprint density at radius 3 is 2.59 bits per heavy atom. The number of hydrogen-bond donors (Lipinski definition) is 0. The van der Waals surface area contributed by atoms with Gasteiger partial charge >= 0.3 is 0 Å². The second kappa shape index (κ2) is 5.18. The average Bonchev–Trinajstić information content (AvgIpc) is 2.88. The third-order valence-corrected chi connectivity index (χ3v) is 6.45. The zero-order valence-electron chi connectivity index (χ0n) is 12.6. The number of hydrogen-bond acceptors (Lipinski definition) is 3. The van der Waals surface area contributed by atoms with Crippen LogP contribution in [0.1, 0.15) is 18.4 Å². The summed E-state index contributed by atoms with van der Waals surface area (Å²) >= 11 is 0. The Morgan fingerprint density at radius 2 is 1.95 bits per heavy atom. The number of carbonyl (C=O) groups excluding carboxylic acids is 1. The van der Waals surface area contributed by atoms with E-state index in [1.54, 1.807) is 36.4 Å². The van der Waals surface area contributed by atoms with E-state index in [0.29, 0.717) is 24.3 Å². The van der Waals surface area contributed by atoms with E-state index in [4.69, 9.17) is 0 Å². The average molecular weight is 317 g/mol. The van der Waals surface area contributed by atoms with Gasteiger partial charge in [-0.25, -0.2) is 8.42 Å². The summed E-state index contributed by atoms with van der Waals surface area (Å²) in [5, 5.41) is 0. The molecule has 1 saturated heterocycles. The summed E-state index contributed by atoms with van der Waals surface area (Å²) in [5.41, 5.74) is 1.51. The minimum Gasteiger partial charge on any atom is -0.295 e. The molecule has 4 nitrogen and oxygen atoms in total. The minimum atomic E-state index is -3.55. The van der Waals surface area contributed by atoms with Crippen molar-refractivity contribution in [2.24, 2.45) is 5.41 Å². The molecule has 22 heavy (non-hydrogen) atoms. The van der Waals surface area contributed by atoms with E-state index in [1.807, 2.05) is 6.92 Å². The third kappa shape index (κ3) is 2.34. The molecule has 0 aromatic heterocycles. The van der Waals surface area contributed by atoms with Crippen LogP contribution < -0.4 is 0 Å². The molecule has 1 atom stereocenters. The van der Waals surface area contributed by atoms with Gasteiger partial charge in [0.1, 0.15) is 0 Å². The number of nitrogens with zero attached hydrogens (tertiary/aromatic N) is 1. The standard InChI is InChI=1S/C17H19NO3S/c1-3-17-9-8-15(19)10-14(17)11-18(12-17)22(20,21)16-6-4-13(2)5-7-16/h3-7,10H,1,8-9,11-12H2,2H3. The molecule has 1 aromatic carbocycles. The van der Waals surface area contributed by atoms with Gasteiger partial charge in [-0.3, -0.25) is 4.79 Å². The number of carbonyl (C=O) groups is 1. The topological polar surface area (TPSA) is 54.5 Å². The van der Waals surface area contributed by atoms with Gasteiger partial charge in [0, 0.05) is 24.9 Å². The molecule has 3 rings (SSSR count). The first-order valence-corrected chi connectivity index (χ1v) is 8.76. The molecular formula is C17H19NO3S. The van der Waals surface area contributed by atoms with E-state index in [-0.39, 0.29) is 17.7 Å². The number of fused-ring (bicyclic) bond motifs is 1. The first-order chi connectivity index (χ1) is 10.4. The van der Waals surface area contributed by atoms with Crippen LogP contribution in [0.2, 0.25) is 0 Å². The van der Waals surface area contributed by atoms with Crippen molar-refractivity contribution in [3.63, 3.8) is 0 Å². The van der Waals surface area contributed by atoms with Gasteiger partial charge in [-0.1, -0.05) is 23.8 Å². The number of benzene rings is 1. The second-order valence-electron chi connectivity index (χ2n) is 6.08. The van der Waals surface area contributed by atoms with Crippen molar-refractivity contribution in [1.82, 2.24) is 4.31 Å². The van der Waals surface area contributed by atoms with Crippen LogP contribution in [0.15, 0.2) is 53.5 Å². The van der Waals surface area contributed by atoms with Crippen molar-refractivity contribution in [1.29, 1.82) is 0 Å². The van der Waals surface area contributed by atoms with Gasteiger partial charge in [0.15, 0.2) is 5.78 Å². The Labute approximate surface area is 131 Å². The molecule has 1 aliphatic heterocycles. The first kappa shape index (κ1) is 15.2. The zero-order valence-corrected chi connectivity index (χ0v) is 13.4. The van der Waals surface area contributed by atoms with E-state index in [9.17, 15) is 13.2 Å². The van der Waals surface area contributed by atoms with E-state index in [2.05, 4.69) is 6.58 Å². The number of allylic oxidation sites excluding steroid dienone is 1. The van der Waals surface area contributed by atoms with E-state index in [1.165, 1.54) is 4.31 Å². The van der Waals surface area contributed by atoms with Gasteiger partial charge in [0.2, 0.25) is 10.0 Å². The molecule has 1 aliphatic carbocycles. The van der Waals surface area contributed by atoms with Crippen LogP contribution in [0.25, 0.3) is 0 Å². The summed E-state index contributed by atoms with van der Waals surface area (Å²) in [6, 6.07) is 6.85.